The molecule has 2 aromatic rings. The minimum Gasteiger partial charge on any atom is -0.387 e. The van der Waals surface area contributed by atoms with Gasteiger partial charge in [0.1, 0.15) is 0 Å². The van der Waals surface area contributed by atoms with E-state index in [9.17, 15) is 5.11 Å². The highest BCUT2D eigenvalue weighted by molar-refractivity contribution is 7.10. The van der Waals surface area contributed by atoms with E-state index < -0.39 is 6.10 Å². The van der Waals surface area contributed by atoms with Gasteiger partial charge in [0.05, 0.1) is 11.8 Å². The molecule has 0 aliphatic carbocycles. The molecule has 0 aliphatic heterocycles. The number of aryl methyl sites for hydroxylation is 3. The van der Waals surface area contributed by atoms with Crippen molar-refractivity contribution in [2.24, 2.45) is 7.05 Å². The molecule has 0 saturated carbocycles. The molecule has 0 spiro atoms. The van der Waals surface area contributed by atoms with E-state index in [1.54, 1.807) is 11.3 Å². The summed E-state index contributed by atoms with van der Waals surface area (Å²) in [4.78, 5) is 1.09. The second-order valence-corrected chi connectivity index (χ2v) is 5.44. The number of rotatable bonds is 5. The summed E-state index contributed by atoms with van der Waals surface area (Å²) in [7, 11) is 1.94. The summed E-state index contributed by atoms with van der Waals surface area (Å²) in [5.74, 6) is 0. The smallest absolute Gasteiger partial charge is 0.0939 e. The Balaban J connectivity index is 2.15. The van der Waals surface area contributed by atoms with Crippen LogP contribution in [0.15, 0.2) is 17.5 Å². The Morgan fingerprint density at radius 2 is 2.17 bits per heavy atom. The molecule has 0 bridgehead atoms. The van der Waals surface area contributed by atoms with E-state index in [2.05, 4.69) is 36.5 Å². The highest BCUT2D eigenvalue weighted by Gasteiger charge is 2.16. The minimum absolute atomic E-state index is 0.417. The number of hydrogen-bond donors (Lipinski definition) is 1. The SMILES string of the molecule is CCc1cc(CC(O)c2sccc2CC)n(C)n1. The van der Waals surface area contributed by atoms with Crippen LogP contribution in [0.2, 0.25) is 0 Å². The van der Waals surface area contributed by atoms with Crippen molar-refractivity contribution in [3.63, 3.8) is 0 Å². The lowest BCUT2D eigenvalue weighted by Crippen LogP contribution is -2.06. The second kappa shape index (κ2) is 5.67. The predicted octanol–water partition coefficient (Wildman–Crippen LogP) is 2.88. The molecule has 0 aromatic carbocycles. The van der Waals surface area contributed by atoms with E-state index in [1.165, 1.54) is 5.56 Å². The molecule has 4 heteroatoms. The molecule has 1 atom stereocenters. The third-order valence-electron chi connectivity index (χ3n) is 3.26. The summed E-state index contributed by atoms with van der Waals surface area (Å²) in [5.41, 5.74) is 3.43. The number of hydrogen-bond acceptors (Lipinski definition) is 3. The normalized spacial score (nSPS) is 12.9. The van der Waals surface area contributed by atoms with Crippen molar-refractivity contribution < 1.29 is 5.11 Å². The van der Waals surface area contributed by atoms with Crippen LogP contribution in [-0.2, 0) is 26.3 Å². The Labute approximate surface area is 112 Å². The number of aliphatic hydroxyl groups excluding tert-OH is 1. The average Bonchev–Trinajstić information content (AvgIpc) is 2.96. The van der Waals surface area contributed by atoms with Gasteiger partial charge in [0.2, 0.25) is 0 Å². The van der Waals surface area contributed by atoms with E-state index >= 15 is 0 Å². The van der Waals surface area contributed by atoms with Gasteiger partial charge in [-0.05, 0) is 35.9 Å². The van der Waals surface area contributed by atoms with Crippen LogP contribution >= 0.6 is 11.3 Å². The first kappa shape index (κ1) is 13.3. The van der Waals surface area contributed by atoms with Gasteiger partial charge in [-0.3, -0.25) is 4.68 Å². The molecule has 3 nitrogen and oxygen atoms in total. The van der Waals surface area contributed by atoms with Gasteiger partial charge in [-0.2, -0.15) is 5.10 Å². The summed E-state index contributed by atoms with van der Waals surface area (Å²) in [6, 6.07) is 4.19. The Kier molecular flexibility index (Phi) is 4.19. The van der Waals surface area contributed by atoms with Crippen LogP contribution in [0.5, 0.6) is 0 Å². The van der Waals surface area contributed by atoms with Gasteiger partial charge in [0.25, 0.3) is 0 Å². The van der Waals surface area contributed by atoms with Gasteiger partial charge < -0.3 is 5.11 Å². The molecule has 0 amide bonds. The maximum atomic E-state index is 10.4. The van der Waals surface area contributed by atoms with Crippen molar-refractivity contribution in [3.05, 3.63) is 39.3 Å². The lowest BCUT2D eigenvalue weighted by molar-refractivity contribution is 0.178. The van der Waals surface area contributed by atoms with Gasteiger partial charge in [-0.15, -0.1) is 11.3 Å². The van der Waals surface area contributed by atoms with Gasteiger partial charge in [0, 0.05) is 24.0 Å². The fourth-order valence-electron chi connectivity index (χ4n) is 2.16. The maximum absolute atomic E-state index is 10.4. The van der Waals surface area contributed by atoms with Gasteiger partial charge in [0.15, 0.2) is 0 Å². The molecular formula is C14H20N2OS. The summed E-state index contributed by atoms with van der Waals surface area (Å²) in [5, 5.41) is 16.8. The zero-order valence-electron chi connectivity index (χ0n) is 11.2. The highest BCUT2D eigenvalue weighted by Crippen LogP contribution is 2.27. The predicted molar refractivity (Wildman–Crippen MR) is 74.9 cm³/mol. The number of aromatic nitrogens is 2. The molecule has 2 rings (SSSR count). The molecule has 1 unspecified atom stereocenters. The molecule has 0 fully saturated rings. The fourth-order valence-corrected chi connectivity index (χ4v) is 3.14. The van der Waals surface area contributed by atoms with Crippen molar-refractivity contribution in [2.75, 3.05) is 0 Å². The van der Waals surface area contributed by atoms with Crippen molar-refractivity contribution in [2.45, 2.75) is 39.2 Å². The number of thiophene rings is 1. The Hall–Kier alpha value is -1.13. The molecule has 0 radical (unpaired) electrons. The van der Waals surface area contributed by atoms with Crippen LogP contribution in [0, 0.1) is 0 Å². The topological polar surface area (TPSA) is 38.0 Å². The lowest BCUT2D eigenvalue weighted by Gasteiger charge is -2.10. The molecule has 1 N–H and O–H groups in total. The number of nitrogens with zero attached hydrogens (tertiary/aromatic N) is 2. The molecule has 2 heterocycles. The monoisotopic (exact) mass is 264 g/mol. The molecular weight excluding hydrogens is 244 g/mol. The van der Waals surface area contributed by atoms with Crippen LogP contribution in [0.4, 0.5) is 0 Å². The largest absolute Gasteiger partial charge is 0.387 e. The van der Waals surface area contributed by atoms with Crippen molar-refractivity contribution in [1.29, 1.82) is 0 Å². The fraction of sp³-hybridized carbons (Fsp3) is 0.500. The van der Waals surface area contributed by atoms with Crippen LogP contribution in [-0.4, -0.2) is 14.9 Å². The van der Waals surface area contributed by atoms with E-state index in [4.69, 9.17) is 0 Å². The van der Waals surface area contributed by atoms with Crippen molar-refractivity contribution in [1.82, 2.24) is 9.78 Å². The van der Waals surface area contributed by atoms with Gasteiger partial charge in [-0.1, -0.05) is 13.8 Å². The van der Waals surface area contributed by atoms with E-state index in [1.807, 2.05) is 11.7 Å². The van der Waals surface area contributed by atoms with Gasteiger partial charge >= 0.3 is 0 Å². The highest BCUT2D eigenvalue weighted by atomic mass is 32.1. The molecule has 98 valence electrons. The molecule has 0 saturated heterocycles. The first-order valence-electron chi connectivity index (χ1n) is 6.41. The van der Waals surface area contributed by atoms with Crippen LogP contribution in [0.3, 0.4) is 0 Å². The molecule has 18 heavy (non-hydrogen) atoms. The van der Waals surface area contributed by atoms with Crippen molar-refractivity contribution in [3.8, 4) is 0 Å². The average molecular weight is 264 g/mol. The van der Waals surface area contributed by atoms with E-state index in [0.717, 1.165) is 29.1 Å². The van der Waals surface area contributed by atoms with E-state index in [0.29, 0.717) is 6.42 Å². The zero-order chi connectivity index (χ0) is 13.1. The van der Waals surface area contributed by atoms with Crippen LogP contribution in [0.1, 0.15) is 41.8 Å². The first-order valence-corrected chi connectivity index (χ1v) is 7.29. The number of aliphatic hydroxyl groups is 1. The maximum Gasteiger partial charge on any atom is 0.0939 e. The van der Waals surface area contributed by atoms with Crippen molar-refractivity contribution >= 4 is 11.3 Å². The van der Waals surface area contributed by atoms with E-state index in [-0.39, 0.29) is 0 Å². The molecule has 2 aromatic heterocycles. The quantitative estimate of drug-likeness (QED) is 0.901. The minimum atomic E-state index is -0.417. The van der Waals surface area contributed by atoms with Crippen LogP contribution in [0.25, 0.3) is 0 Å². The Morgan fingerprint density at radius 3 is 2.78 bits per heavy atom. The zero-order valence-corrected chi connectivity index (χ0v) is 12.0. The third kappa shape index (κ3) is 2.65. The summed E-state index contributed by atoms with van der Waals surface area (Å²) >= 11 is 1.64. The third-order valence-corrected chi connectivity index (χ3v) is 4.32. The summed E-state index contributed by atoms with van der Waals surface area (Å²) in [6.45, 7) is 4.22. The Bertz CT molecular complexity index is 516. The first-order chi connectivity index (χ1) is 8.65. The summed E-state index contributed by atoms with van der Waals surface area (Å²) < 4.78 is 1.88. The second-order valence-electron chi connectivity index (χ2n) is 4.49. The molecule has 0 aliphatic rings. The van der Waals surface area contributed by atoms with Gasteiger partial charge in [-0.25, -0.2) is 0 Å². The lowest BCUT2D eigenvalue weighted by atomic mass is 10.1. The van der Waals surface area contributed by atoms with Crippen LogP contribution < -0.4 is 0 Å². The summed E-state index contributed by atoms with van der Waals surface area (Å²) in [6.07, 6.45) is 2.13. The standard InChI is InChI=1S/C14H20N2OS/c1-4-10-6-7-18-14(10)13(17)9-12-8-11(5-2)15-16(12)3/h6-8,13,17H,4-5,9H2,1-3H3. The Morgan fingerprint density at radius 1 is 1.39 bits per heavy atom.